The molecule has 0 unspecified atom stereocenters. The van der Waals surface area contributed by atoms with Crippen molar-refractivity contribution < 1.29 is 0 Å². The van der Waals surface area contributed by atoms with E-state index in [1.54, 1.807) is 0 Å². The first-order valence-electron chi connectivity index (χ1n) is 5.06. The number of thioether (sulfide) groups is 1. The number of pyridine rings is 1. The highest BCUT2D eigenvalue weighted by atomic mass is 79.9. The van der Waals surface area contributed by atoms with Crippen molar-refractivity contribution in [2.75, 3.05) is 5.75 Å². The molecule has 0 spiro atoms. The fraction of sp³-hybridized carbons (Fsp3) is 0.545. The van der Waals surface area contributed by atoms with Crippen molar-refractivity contribution in [2.24, 2.45) is 0 Å². The number of aryl methyl sites for hydroxylation is 1. The highest BCUT2D eigenvalue weighted by molar-refractivity contribution is 9.10. The lowest BCUT2D eigenvalue weighted by molar-refractivity contribution is 0.870. The fourth-order valence-electron chi connectivity index (χ4n) is 1.23. The summed E-state index contributed by atoms with van der Waals surface area (Å²) in [6.07, 6.45) is 3.51. The SMILES string of the molecule is CCCSc1nc(Br)ccc1CCC. The highest BCUT2D eigenvalue weighted by Crippen LogP contribution is 2.24. The average molecular weight is 274 g/mol. The van der Waals surface area contributed by atoms with Crippen molar-refractivity contribution in [3.05, 3.63) is 22.3 Å². The van der Waals surface area contributed by atoms with Gasteiger partial charge in [0, 0.05) is 0 Å². The molecular weight excluding hydrogens is 258 g/mol. The molecule has 0 aliphatic rings. The van der Waals surface area contributed by atoms with Crippen LogP contribution in [0.5, 0.6) is 0 Å². The molecule has 3 heteroatoms. The normalized spacial score (nSPS) is 10.5. The lowest BCUT2D eigenvalue weighted by atomic mass is 10.2. The molecule has 0 bridgehead atoms. The number of hydrogen-bond donors (Lipinski definition) is 0. The van der Waals surface area contributed by atoms with Gasteiger partial charge in [0.05, 0.1) is 0 Å². The average Bonchev–Trinajstić information content (AvgIpc) is 2.18. The third-order valence-electron chi connectivity index (χ3n) is 1.87. The molecule has 0 aliphatic carbocycles. The third-order valence-corrected chi connectivity index (χ3v) is 3.55. The second-order valence-corrected chi connectivity index (χ2v) is 5.09. The fourth-order valence-corrected chi connectivity index (χ4v) is 2.57. The first-order valence-corrected chi connectivity index (χ1v) is 6.84. The maximum Gasteiger partial charge on any atom is 0.107 e. The minimum Gasteiger partial charge on any atom is -0.234 e. The molecule has 1 aromatic rings. The number of rotatable bonds is 5. The van der Waals surface area contributed by atoms with Crippen LogP contribution in [-0.2, 0) is 6.42 Å². The molecule has 0 fully saturated rings. The van der Waals surface area contributed by atoms with Crippen molar-refractivity contribution in [1.29, 1.82) is 0 Å². The molecule has 78 valence electrons. The van der Waals surface area contributed by atoms with Crippen LogP contribution in [0.1, 0.15) is 32.3 Å². The Hall–Kier alpha value is -0.0200. The molecule has 0 saturated heterocycles. The molecule has 0 aliphatic heterocycles. The van der Waals surface area contributed by atoms with Crippen LogP contribution >= 0.6 is 27.7 Å². The summed E-state index contributed by atoms with van der Waals surface area (Å²) < 4.78 is 0.941. The third kappa shape index (κ3) is 3.62. The van der Waals surface area contributed by atoms with Crippen LogP contribution in [0.15, 0.2) is 21.8 Å². The first kappa shape index (κ1) is 12.1. The van der Waals surface area contributed by atoms with Gasteiger partial charge in [-0.15, -0.1) is 11.8 Å². The van der Waals surface area contributed by atoms with Gasteiger partial charge in [-0.2, -0.15) is 0 Å². The Morgan fingerprint density at radius 2 is 2.07 bits per heavy atom. The van der Waals surface area contributed by atoms with E-state index in [0.29, 0.717) is 0 Å². The van der Waals surface area contributed by atoms with Crippen molar-refractivity contribution in [2.45, 2.75) is 38.1 Å². The zero-order chi connectivity index (χ0) is 10.4. The van der Waals surface area contributed by atoms with Gasteiger partial charge in [-0.25, -0.2) is 4.98 Å². The highest BCUT2D eigenvalue weighted by Gasteiger charge is 2.04. The monoisotopic (exact) mass is 273 g/mol. The molecule has 1 heterocycles. The van der Waals surface area contributed by atoms with Crippen molar-refractivity contribution >= 4 is 27.7 Å². The van der Waals surface area contributed by atoms with Crippen LogP contribution < -0.4 is 0 Å². The van der Waals surface area contributed by atoms with Crippen LogP contribution in [0, 0.1) is 0 Å². The molecule has 14 heavy (non-hydrogen) atoms. The summed E-state index contributed by atoms with van der Waals surface area (Å²) in [6, 6.07) is 4.21. The van der Waals surface area contributed by atoms with E-state index in [2.05, 4.69) is 40.8 Å². The lowest BCUT2D eigenvalue weighted by Crippen LogP contribution is -1.92. The molecule has 0 radical (unpaired) electrons. The smallest absolute Gasteiger partial charge is 0.107 e. The molecule has 0 saturated carbocycles. The summed E-state index contributed by atoms with van der Waals surface area (Å²) in [5.74, 6) is 1.15. The summed E-state index contributed by atoms with van der Waals surface area (Å²) in [5.41, 5.74) is 1.38. The molecule has 0 amide bonds. The van der Waals surface area contributed by atoms with E-state index in [1.165, 1.54) is 23.4 Å². The van der Waals surface area contributed by atoms with Gasteiger partial charge in [-0.05, 0) is 46.2 Å². The lowest BCUT2D eigenvalue weighted by Gasteiger charge is -2.06. The van der Waals surface area contributed by atoms with E-state index >= 15 is 0 Å². The zero-order valence-corrected chi connectivity index (χ0v) is 11.1. The Labute approximate surface area is 98.8 Å². The quantitative estimate of drug-likeness (QED) is 0.586. The van der Waals surface area contributed by atoms with Crippen molar-refractivity contribution in [3.63, 3.8) is 0 Å². The number of aromatic nitrogens is 1. The van der Waals surface area contributed by atoms with Gasteiger partial charge in [0.2, 0.25) is 0 Å². The van der Waals surface area contributed by atoms with E-state index in [0.717, 1.165) is 16.8 Å². The predicted octanol–water partition coefficient (Wildman–Crippen LogP) is 4.30. The topological polar surface area (TPSA) is 12.9 Å². The summed E-state index contributed by atoms with van der Waals surface area (Å²) in [4.78, 5) is 4.51. The second kappa shape index (κ2) is 6.46. The van der Waals surface area contributed by atoms with Gasteiger partial charge in [-0.1, -0.05) is 26.3 Å². The molecule has 1 aromatic heterocycles. The van der Waals surface area contributed by atoms with E-state index in [9.17, 15) is 0 Å². The second-order valence-electron chi connectivity index (χ2n) is 3.20. The van der Waals surface area contributed by atoms with E-state index in [4.69, 9.17) is 0 Å². The molecule has 1 nitrogen and oxygen atoms in total. The van der Waals surface area contributed by atoms with Crippen LogP contribution in [0.25, 0.3) is 0 Å². The van der Waals surface area contributed by atoms with Gasteiger partial charge in [0.25, 0.3) is 0 Å². The minimum atomic E-state index is 0.941. The Balaban J connectivity index is 2.79. The van der Waals surface area contributed by atoms with Gasteiger partial charge in [0.15, 0.2) is 0 Å². The van der Waals surface area contributed by atoms with Crippen molar-refractivity contribution in [1.82, 2.24) is 4.98 Å². The largest absolute Gasteiger partial charge is 0.234 e. The summed E-state index contributed by atoms with van der Waals surface area (Å²) in [5, 5.41) is 1.20. The molecule has 0 N–H and O–H groups in total. The Morgan fingerprint density at radius 1 is 1.29 bits per heavy atom. The zero-order valence-electron chi connectivity index (χ0n) is 8.72. The van der Waals surface area contributed by atoms with E-state index < -0.39 is 0 Å². The number of hydrogen-bond acceptors (Lipinski definition) is 2. The Kier molecular flexibility index (Phi) is 5.56. The first-order chi connectivity index (χ1) is 6.77. The van der Waals surface area contributed by atoms with E-state index in [-0.39, 0.29) is 0 Å². The van der Waals surface area contributed by atoms with Gasteiger partial charge in [0.1, 0.15) is 9.63 Å². The van der Waals surface area contributed by atoms with Crippen LogP contribution in [0.2, 0.25) is 0 Å². The van der Waals surface area contributed by atoms with Gasteiger partial charge >= 0.3 is 0 Å². The number of halogens is 1. The van der Waals surface area contributed by atoms with Crippen LogP contribution in [-0.4, -0.2) is 10.7 Å². The predicted molar refractivity (Wildman–Crippen MR) is 66.9 cm³/mol. The molecule has 0 atom stereocenters. The molecular formula is C11H16BrNS. The van der Waals surface area contributed by atoms with Gasteiger partial charge < -0.3 is 0 Å². The molecule has 1 rings (SSSR count). The Morgan fingerprint density at radius 3 is 2.71 bits per heavy atom. The standard InChI is InChI=1S/C11H16BrNS/c1-3-5-9-6-7-10(12)13-11(9)14-8-4-2/h6-7H,3-5,8H2,1-2H3. The van der Waals surface area contributed by atoms with Gasteiger partial charge in [-0.3, -0.25) is 0 Å². The number of nitrogens with zero attached hydrogens (tertiary/aromatic N) is 1. The summed E-state index contributed by atoms with van der Waals surface area (Å²) in [6.45, 7) is 4.40. The van der Waals surface area contributed by atoms with Crippen molar-refractivity contribution in [3.8, 4) is 0 Å². The Bertz CT molecular complexity index is 289. The molecule has 0 aromatic carbocycles. The summed E-state index contributed by atoms with van der Waals surface area (Å²) >= 11 is 5.27. The maximum atomic E-state index is 4.51. The minimum absolute atomic E-state index is 0.941. The maximum absolute atomic E-state index is 4.51. The van der Waals surface area contributed by atoms with E-state index in [1.807, 2.05) is 17.8 Å². The van der Waals surface area contributed by atoms with Crippen LogP contribution in [0.4, 0.5) is 0 Å². The van der Waals surface area contributed by atoms with Crippen LogP contribution in [0.3, 0.4) is 0 Å². The summed E-state index contributed by atoms with van der Waals surface area (Å²) in [7, 11) is 0.